The minimum Gasteiger partial charge on any atom is -0.444 e. The number of hydrogen-bond acceptors (Lipinski definition) is 8. The monoisotopic (exact) mass is 569 g/mol. The van der Waals surface area contributed by atoms with Gasteiger partial charge in [-0.25, -0.2) is 14.3 Å². The Morgan fingerprint density at radius 2 is 1.98 bits per heavy atom. The van der Waals surface area contributed by atoms with Crippen molar-refractivity contribution in [3.8, 4) is 0 Å². The van der Waals surface area contributed by atoms with Crippen LogP contribution in [-0.4, -0.2) is 61.6 Å². The third kappa shape index (κ3) is 6.41. The molecule has 0 fully saturated rings. The summed E-state index contributed by atoms with van der Waals surface area (Å²) in [5.41, 5.74) is -0.234. The molecule has 0 saturated carbocycles. The lowest BCUT2D eigenvalue weighted by molar-refractivity contribution is 0.0635. The van der Waals surface area contributed by atoms with Crippen LogP contribution >= 0.6 is 11.6 Å². The van der Waals surface area contributed by atoms with Crippen LogP contribution in [-0.2, 0) is 11.3 Å². The Labute approximate surface area is 235 Å². The highest BCUT2D eigenvalue weighted by Crippen LogP contribution is 2.25. The molecule has 3 heterocycles. The molecular weight excluding hydrogens is 538 g/mol. The first kappa shape index (κ1) is 29.0. The second kappa shape index (κ2) is 12.0. The second-order valence-electron chi connectivity index (χ2n) is 10.1. The normalized spacial score (nSPS) is 12.4. The van der Waals surface area contributed by atoms with Crippen LogP contribution in [0.1, 0.15) is 49.8 Å². The molecule has 3 aromatic heterocycles. The Balaban J connectivity index is 1.70. The lowest BCUT2D eigenvalue weighted by atomic mass is 10.1. The summed E-state index contributed by atoms with van der Waals surface area (Å²) in [4.78, 5) is 44.0. The van der Waals surface area contributed by atoms with Crippen LogP contribution in [0, 0.1) is 0 Å². The van der Waals surface area contributed by atoms with E-state index in [1.807, 2.05) is 6.07 Å². The van der Waals surface area contributed by atoms with E-state index >= 15 is 0 Å². The van der Waals surface area contributed by atoms with E-state index < -0.39 is 23.6 Å². The van der Waals surface area contributed by atoms with Gasteiger partial charge in [0, 0.05) is 37.7 Å². The minimum atomic E-state index is -0.770. The van der Waals surface area contributed by atoms with Crippen molar-refractivity contribution in [1.29, 1.82) is 0 Å². The highest BCUT2D eigenvalue weighted by molar-refractivity contribution is 6.35. The minimum absolute atomic E-state index is 0.0199. The zero-order valence-electron chi connectivity index (χ0n) is 22.7. The maximum atomic E-state index is 13.7. The lowest BCUT2D eigenvalue weighted by Crippen LogP contribution is -2.35. The molecule has 1 atom stereocenters. The first-order chi connectivity index (χ1) is 19.0. The molecule has 0 radical (unpaired) electrons. The molecule has 4 N–H and O–H groups in total. The molecule has 1 aromatic carbocycles. The zero-order chi connectivity index (χ0) is 29.0. The maximum absolute atomic E-state index is 13.7. The molecule has 12 nitrogen and oxygen atoms in total. The van der Waals surface area contributed by atoms with Crippen molar-refractivity contribution in [2.24, 2.45) is 0 Å². The molecule has 0 aliphatic heterocycles. The van der Waals surface area contributed by atoms with Crippen molar-refractivity contribution in [1.82, 2.24) is 29.8 Å². The van der Waals surface area contributed by atoms with Gasteiger partial charge in [-0.15, -0.1) is 5.10 Å². The summed E-state index contributed by atoms with van der Waals surface area (Å²) < 4.78 is 8.27. The van der Waals surface area contributed by atoms with Gasteiger partial charge < -0.3 is 25.0 Å². The predicted octanol–water partition coefficient (Wildman–Crippen LogP) is 3.12. The second-order valence-corrected chi connectivity index (χ2v) is 10.5. The number of aliphatic hydroxyl groups is 1. The average molecular weight is 570 g/mol. The topological polar surface area (TPSA) is 152 Å². The fraction of sp³-hybridized carbons (Fsp3) is 0.370. The van der Waals surface area contributed by atoms with Crippen molar-refractivity contribution in [2.45, 2.75) is 45.9 Å². The molecule has 13 heteroatoms. The number of anilines is 1. The van der Waals surface area contributed by atoms with E-state index in [1.165, 1.54) is 10.7 Å². The molecule has 212 valence electrons. The Morgan fingerprint density at radius 1 is 1.20 bits per heavy atom. The molecule has 4 rings (SSSR count). The summed E-state index contributed by atoms with van der Waals surface area (Å²) in [6.45, 7) is 7.95. The van der Waals surface area contributed by atoms with Crippen LogP contribution in [0.25, 0.3) is 16.4 Å². The van der Waals surface area contributed by atoms with Crippen molar-refractivity contribution in [2.75, 3.05) is 25.0 Å². The van der Waals surface area contributed by atoms with Crippen LogP contribution in [0.4, 0.5) is 10.6 Å². The highest BCUT2D eigenvalue weighted by atomic mass is 35.5. The van der Waals surface area contributed by atoms with E-state index in [2.05, 4.69) is 26.0 Å². The first-order valence-electron chi connectivity index (χ1n) is 12.8. The van der Waals surface area contributed by atoms with Crippen molar-refractivity contribution in [3.05, 3.63) is 69.4 Å². The van der Waals surface area contributed by atoms with E-state index in [1.54, 1.807) is 62.7 Å². The van der Waals surface area contributed by atoms with Gasteiger partial charge in [0.2, 0.25) is 0 Å². The zero-order valence-corrected chi connectivity index (χ0v) is 23.5. The Kier molecular flexibility index (Phi) is 8.72. The van der Waals surface area contributed by atoms with E-state index in [4.69, 9.17) is 21.4 Å². The van der Waals surface area contributed by atoms with E-state index in [0.717, 1.165) is 0 Å². The summed E-state index contributed by atoms with van der Waals surface area (Å²) in [6.07, 6.45) is 2.35. The van der Waals surface area contributed by atoms with Gasteiger partial charge >= 0.3 is 6.09 Å². The van der Waals surface area contributed by atoms with Crippen LogP contribution < -0.4 is 21.5 Å². The van der Waals surface area contributed by atoms with E-state index in [-0.39, 0.29) is 35.7 Å². The molecule has 0 unspecified atom stereocenters. The third-order valence-electron chi connectivity index (χ3n) is 5.95. The first-order valence-corrected chi connectivity index (χ1v) is 13.2. The SMILES string of the molecule is C[C@H](NC(=O)c1c(NC(=O)OC(C)(C)C)nn2cccnc12)c1cc2cccc(Cl)c2c(=O)n1CCNCCO. The number of amides is 2. The Morgan fingerprint density at radius 3 is 2.70 bits per heavy atom. The number of hydrogen-bond donors (Lipinski definition) is 4. The lowest BCUT2D eigenvalue weighted by Gasteiger charge is -2.21. The number of aliphatic hydroxyl groups excluding tert-OH is 1. The van der Waals surface area contributed by atoms with Gasteiger partial charge in [-0.3, -0.25) is 14.9 Å². The van der Waals surface area contributed by atoms with E-state index in [9.17, 15) is 14.4 Å². The van der Waals surface area contributed by atoms with Crippen LogP contribution in [0.3, 0.4) is 0 Å². The summed E-state index contributed by atoms with van der Waals surface area (Å²) in [5, 5.41) is 23.3. The number of benzene rings is 1. The smallest absolute Gasteiger partial charge is 0.413 e. The van der Waals surface area contributed by atoms with Crippen molar-refractivity contribution >= 4 is 45.8 Å². The van der Waals surface area contributed by atoms with E-state index in [0.29, 0.717) is 34.6 Å². The van der Waals surface area contributed by atoms with Crippen LogP contribution in [0.2, 0.25) is 5.02 Å². The Hall–Kier alpha value is -4.00. The number of nitrogens with one attached hydrogen (secondary N) is 3. The summed E-state index contributed by atoms with van der Waals surface area (Å²) in [7, 11) is 0. The van der Waals surface area contributed by atoms with Gasteiger partial charge in [0.1, 0.15) is 11.2 Å². The van der Waals surface area contributed by atoms with Crippen molar-refractivity contribution in [3.63, 3.8) is 0 Å². The number of carbonyl (C=O) groups excluding carboxylic acids is 2. The molecule has 4 aromatic rings. The van der Waals surface area contributed by atoms with Gasteiger partial charge in [0.05, 0.1) is 23.1 Å². The third-order valence-corrected chi connectivity index (χ3v) is 6.27. The molecule has 0 spiro atoms. The fourth-order valence-electron chi connectivity index (χ4n) is 4.29. The molecule has 0 saturated heterocycles. The number of nitrogens with zero attached hydrogens (tertiary/aromatic N) is 4. The highest BCUT2D eigenvalue weighted by Gasteiger charge is 2.27. The number of rotatable bonds is 9. The molecule has 40 heavy (non-hydrogen) atoms. The average Bonchev–Trinajstić information content (AvgIpc) is 3.23. The molecule has 0 aliphatic rings. The van der Waals surface area contributed by atoms with Crippen molar-refractivity contribution < 1.29 is 19.4 Å². The number of ether oxygens (including phenoxy) is 1. The molecule has 2 amide bonds. The predicted molar refractivity (Wildman–Crippen MR) is 152 cm³/mol. The van der Waals surface area contributed by atoms with Crippen LogP contribution in [0.15, 0.2) is 47.5 Å². The molecule has 0 aliphatic carbocycles. The Bertz CT molecular complexity index is 1610. The number of aromatic nitrogens is 4. The van der Waals surface area contributed by atoms with Crippen LogP contribution in [0.5, 0.6) is 0 Å². The van der Waals surface area contributed by atoms with Gasteiger partial charge in [-0.2, -0.15) is 0 Å². The quantitative estimate of drug-likeness (QED) is 0.224. The summed E-state index contributed by atoms with van der Waals surface area (Å²) in [6, 6.07) is 8.01. The van der Waals surface area contributed by atoms with Gasteiger partial charge in [-0.1, -0.05) is 23.7 Å². The van der Waals surface area contributed by atoms with Gasteiger partial charge in [-0.05, 0) is 51.3 Å². The molecule has 0 bridgehead atoms. The molecular formula is C27H32ClN7O5. The summed E-state index contributed by atoms with van der Waals surface area (Å²) >= 11 is 6.36. The number of carbonyl (C=O) groups is 2. The number of halogens is 1. The number of pyridine rings is 1. The maximum Gasteiger partial charge on any atom is 0.413 e. The van der Waals surface area contributed by atoms with Gasteiger partial charge in [0.15, 0.2) is 11.5 Å². The fourth-order valence-corrected chi connectivity index (χ4v) is 4.55. The standard InChI is InChI=1S/C27H32ClN7O5/c1-16(19-15-17-7-5-8-18(28)20(17)25(38)34(19)13-10-29-11-14-36)31-24(37)21-22(32-26(39)40-27(2,3)4)33-35-12-6-9-30-23(21)35/h5-9,12,15-16,29,36H,10-11,13-14H2,1-4H3,(H,31,37)(H,32,33,39)/t16-/m0/s1. The summed E-state index contributed by atoms with van der Waals surface area (Å²) in [5.74, 6) is -0.579. The van der Waals surface area contributed by atoms with Gasteiger partial charge in [0.25, 0.3) is 11.5 Å². The number of fused-ring (bicyclic) bond motifs is 2. The largest absolute Gasteiger partial charge is 0.444 e.